The van der Waals surface area contributed by atoms with Gasteiger partial charge >= 0.3 is 0 Å². The highest BCUT2D eigenvalue weighted by atomic mass is 16.3. The summed E-state index contributed by atoms with van der Waals surface area (Å²) < 4.78 is 1.50. The molecule has 3 N–H and O–H groups in total. The summed E-state index contributed by atoms with van der Waals surface area (Å²) in [5, 5.41) is 12.4. The number of hydrogen-bond acceptors (Lipinski definition) is 4. The molecule has 158 valence electrons. The predicted octanol–water partition coefficient (Wildman–Crippen LogP) is 2.45. The zero-order valence-corrected chi connectivity index (χ0v) is 17.5. The molecule has 0 fully saturated rings. The first-order valence-electron chi connectivity index (χ1n) is 10.2. The minimum Gasteiger partial charge on any atom is -0.394 e. The van der Waals surface area contributed by atoms with Crippen LogP contribution < -0.4 is 10.9 Å². The fourth-order valence-electron chi connectivity index (χ4n) is 3.64. The van der Waals surface area contributed by atoms with Gasteiger partial charge in [-0.3, -0.25) is 14.4 Å². The topological polar surface area (TPSA) is 104 Å². The lowest BCUT2D eigenvalue weighted by Crippen LogP contribution is -2.35. The van der Waals surface area contributed by atoms with Crippen molar-refractivity contribution in [2.45, 2.75) is 46.2 Å². The number of ketones is 1. The van der Waals surface area contributed by atoms with Crippen molar-refractivity contribution < 1.29 is 14.7 Å². The molecule has 1 amide bonds. The zero-order valence-electron chi connectivity index (χ0n) is 17.5. The van der Waals surface area contributed by atoms with Gasteiger partial charge in [-0.2, -0.15) is 0 Å². The van der Waals surface area contributed by atoms with Gasteiger partial charge in [0.05, 0.1) is 24.1 Å². The number of aryl methyl sites for hydroxylation is 2. The van der Waals surface area contributed by atoms with Crippen LogP contribution in [0.5, 0.6) is 0 Å². The maximum Gasteiger partial charge on any atom is 0.268 e. The second kappa shape index (κ2) is 9.09. The predicted molar refractivity (Wildman–Crippen MR) is 116 cm³/mol. The average molecular weight is 409 g/mol. The summed E-state index contributed by atoms with van der Waals surface area (Å²) in [6.45, 7) is 5.26. The van der Waals surface area contributed by atoms with E-state index in [9.17, 15) is 19.5 Å². The van der Waals surface area contributed by atoms with Crippen molar-refractivity contribution in [1.29, 1.82) is 0 Å². The van der Waals surface area contributed by atoms with Crippen LogP contribution in [-0.4, -0.2) is 39.0 Å². The van der Waals surface area contributed by atoms with E-state index in [1.165, 1.54) is 4.57 Å². The van der Waals surface area contributed by atoms with Crippen LogP contribution in [0.25, 0.3) is 10.9 Å². The van der Waals surface area contributed by atoms with E-state index in [1.54, 1.807) is 31.2 Å². The smallest absolute Gasteiger partial charge is 0.268 e. The number of aromatic nitrogens is 2. The number of aromatic amines is 1. The van der Waals surface area contributed by atoms with Crippen LogP contribution in [0, 0.1) is 0 Å². The highest BCUT2D eigenvalue weighted by molar-refractivity contribution is 6.01. The van der Waals surface area contributed by atoms with Gasteiger partial charge in [-0.15, -0.1) is 0 Å². The molecule has 3 rings (SSSR count). The molecule has 0 aliphatic rings. The molecule has 0 aliphatic heterocycles. The number of carbonyl (C=O) groups excluding carboxylic acids is 2. The summed E-state index contributed by atoms with van der Waals surface area (Å²) in [4.78, 5) is 41.9. The maximum atomic E-state index is 13.4. The van der Waals surface area contributed by atoms with E-state index in [0.717, 1.165) is 5.69 Å². The highest BCUT2D eigenvalue weighted by Gasteiger charge is 2.22. The molecule has 1 aromatic carbocycles. The fraction of sp³-hybridized carbons (Fsp3) is 0.348. The molecule has 2 heterocycles. The van der Waals surface area contributed by atoms with Crippen molar-refractivity contribution in [2.24, 2.45) is 0 Å². The van der Waals surface area contributed by atoms with Gasteiger partial charge in [0.15, 0.2) is 5.78 Å². The lowest BCUT2D eigenvalue weighted by Gasteiger charge is -2.12. The van der Waals surface area contributed by atoms with Gasteiger partial charge in [-0.25, -0.2) is 0 Å². The Labute approximate surface area is 174 Å². The van der Waals surface area contributed by atoms with E-state index in [-0.39, 0.29) is 30.4 Å². The number of amides is 1. The third-order valence-electron chi connectivity index (χ3n) is 5.24. The molecule has 7 heteroatoms. The van der Waals surface area contributed by atoms with Crippen molar-refractivity contribution in [2.75, 3.05) is 6.61 Å². The summed E-state index contributed by atoms with van der Waals surface area (Å²) >= 11 is 0. The Balaban J connectivity index is 2.11. The quantitative estimate of drug-likeness (QED) is 0.497. The molecule has 2 aromatic heterocycles. The molecule has 3 aromatic rings. The van der Waals surface area contributed by atoms with E-state index in [1.807, 2.05) is 26.0 Å². The normalized spacial score (nSPS) is 12.1. The van der Waals surface area contributed by atoms with Crippen LogP contribution >= 0.6 is 0 Å². The minimum absolute atomic E-state index is 0.0562. The van der Waals surface area contributed by atoms with Crippen LogP contribution in [-0.2, 0) is 19.4 Å². The summed E-state index contributed by atoms with van der Waals surface area (Å²) in [5.41, 5.74) is 2.50. The molecular formula is C23H27N3O4. The molecule has 1 unspecified atom stereocenters. The average Bonchev–Trinajstić information content (AvgIpc) is 3.14. The summed E-state index contributed by atoms with van der Waals surface area (Å²) in [5.74, 6) is -0.510. The number of hydrogen-bond donors (Lipinski definition) is 3. The van der Waals surface area contributed by atoms with Crippen LogP contribution in [0.15, 0.2) is 41.2 Å². The number of aliphatic hydroxyl groups excluding tert-OH is 1. The Morgan fingerprint density at radius 1 is 1.17 bits per heavy atom. The second-order valence-electron chi connectivity index (χ2n) is 7.35. The number of rotatable bonds is 8. The van der Waals surface area contributed by atoms with Gasteiger partial charge in [0.2, 0.25) is 0 Å². The molecule has 0 spiro atoms. The largest absolute Gasteiger partial charge is 0.394 e. The number of nitrogens with zero attached hydrogens (tertiary/aromatic N) is 1. The van der Waals surface area contributed by atoms with Crippen LogP contribution in [0.3, 0.4) is 0 Å². The Morgan fingerprint density at radius 2 is 1.87 bits per heavy atom. The van der Waals surface area contributed by atoms with Gasteiger partial charge in [0.1, 0.15) is 5.69 Å². The lowest BCUT2D eigenvalue weighted by molar-refractivity contribution is 0.0916. The number of nitrogens with one attached hydrogen (secondary N) is 2. The fourth-order valence-corrected chi connectivity index (χ4v) is 3.64. The Bertz CT molecular complexity index is 1130. The molecule has 30 heavy (non-hydrogen) atoms. The van der Waals surface area contributed by atoms with Gasteiger partial charge in [0, 0.05) is 17.3 Å². The molecule has 7 nitrogen and oxygen atoms in total. The van der Waals surface area contributed by atoms with Gasteiger partial charge in [0.25, 0.3) is 11.5 Å². The van der Waals surface area contributed by atoms with E-state index >= 15 is 0 Å². The lowest BCUT2D eigenvalue weighted by atomic mass is 10.1. The van der Waals surface area contributed by atoms with Crippen molar-refractivity contribution in [3.8, 4) is 0 Å². The zero-order chi connectivity index (χ0) is 21.8. The first kappa shape index (κ1) is 21.5. The number of aliphatic hydroxyl groups is 1. The van der Waals surface area contributed by atoms with E-state index in [4.69, 9.17) is 0 Å². The molecule has 1 atom stereocenters. The first-order valence-corrected chi connectivity index (χ1v) is 10.2. The molecule has 0 saturated heterocycles. The number of benzene rings is 1. The van der Waals surface area contributed by atoms with E-state index in [0.29, 0.717) is 40.6 Å². The minimum atomic E-state index is -0.403. The third-order valence-corrected chi connectivity index (χ3v) is 5.24. The van der Waals surface area contributed by atoms with E-state index in [2.05, 4.69) is 10.3 Å². The SMILES string of the molecule is CCc1c(C(=O)NC(C)CO)[nH]c2cc(CC)n(CC(=O)c3ccccc3)c(=O)c12. The number of carbonyl (C=O) groups is 2. The number of fused-ring (bicyclic) bond motifs is 1. The van der Waals surface area contributed by atoms with Crippen LogP contribution in [0.1, 0.15) is 52.9 Å². The molecule has 0 radical (unpaired) electrons. The molecule has 0 aliphatic carbocycles. The van der Waals surface area contributed by atoms with Crippen molar-refractivity contribution in [3.05, 3.63) is 69.3 Å². The summed E-state index contributed by atoms with van der Waals surface area (Å²) in [7, 11) is 0. The first-order chi connectivity index (χ1) is 14.4. The highest BCUT2D eigenvalue weighted by Crippen LogP contribution is 2.22. The number of H-pyrrole nitrogens is 1. The number of pyridine rings is 1. The summed E-state index contributed by atoms with van der Waals surface area (Å²) in [6.07, 6.45) is 1.04. The molecule has 0 bridgehead atoms. The Morgan fingerprint density at radius 3 is 2.47 bits per heavy atom. The Hall–Kier alpha value is -3.19. The monoisotopic (exact) mass is 409 g/mol. The maximum absolute atomic E-state index is 13.4. The van der Waals surface area contributed by atoms with Gasteiger partial charge in [-0.1, -0.05) is 44.2 Å². The van der Waals surface area contributed by atoms with E-state index < -0.39 is 6.04 Å². The number of Topliss-reactive ketones (excluding diaryl/α,β-unsaturated/α-hetero) is 1. The Kier molecular flexibility index (Phi) is 6.52. The van der Waals surface area contributed by atoms with Crippen LogP contribution in [0.4, 0.5) is 0 Å². The van der Waals surface area contributed by atoms with Crippen LogP contribution in [0.2, 0.25) is 0 Å². The third kappa shape index (κ3) is 4.07. The molecular weight excluding hydrogens is 382 g/mol. The van der Waals surface area contributed by atoms with Crippen molar-refractivity contribution in [1.82, 2.24) is 14.9 Å². The molecule has 0 saturated carbocycles. The van der Waals surface area contributed by atoms with Gasteiger partial charge in [-0.05, 0) is 31.4 Å². The summed E-state index contributed by atoms with van der Waals surface area (Å²) in [6, 6.07) is 10.3. The van der Waals surface area contributed by atoms with Crippen molar-refractivity contribution >= 4 is 22.6 Å². The van der Waals surface area contributed by atoms with Gasteiger partial charge < -0.3 is 20.0 Å². The van der Waals surface area contributed by atoms with Crippen molar-refractivity contribution in [3.63, 3.8) is 0 Å². The second-order valence-corrected chi connectivity index (χ2v) is 7.35. The standard InChI is InChI=1S/C23H27N3O4/c1-4-16-11-18-20(17(5-2)21(25-18)22(29)24-14(3)13-27)23(30)26(16)12-19(28)15-9-7-6-8-10-15/h6-11,14,25,27H,4-5,12-13H2,1-3H3,(H,24,29).